The smallest absolute Gasteiger partial charge is 0.260 e. The van der Waals surface area contributed by atoms with Gasteiger partial charge in [-0.15, -0.1) is 0 Å². The number of sulfonamides is 1. The summed E-state index contributed by atoms with van der Waals surface area (Å²) in [7, 11) is -3.52. The lowest BCUT2D eigenvalue weighted by molar-refractivity contribution is 0.0917. The molecule has 5 rings (SSSR count). The van der Waals surface area contributed by atoms with Crippen LogP contribution in [-0.4, -0.2) is 56.0 Å². The van der Waals surface area contributed by atoms with Crippen LogP contribution in [0.1, 0.15) is 36.0 Å². The average Bonchev–Trinajstić information content (AvgIpc) is 3.58. The molecule has 7 nitrogen and oxygen atoms in total. The van der Waals surface area contributed by atoms with Crippen LogP contribution in [0.2, 0.25) is 0 Å². The summed E-state index contributed by atoms with van der Waals surface area (Å²) >= 11 is 4.94. The molecule has 2 fully saturated rings. The third-order valence-corrected chi connectivity index (χ3v) is 9.48. The number of nitrogens with zero attached hydrogens (tertiary/aromatic N) is 3. The highest BCUT2D eigenvalue weighted by molar-refractivity contribution is 9.10. The van der Waals surface area contributed by atoms with Crippen LogP contribution < -0.4 is 4.90 Å². The molecule has 0 aliphatic carbocycles. The van der Waals surface area contributed by atoms with E-state index in [0.717, 1.165) is 40.4 Å². The molecule has 1 atom stereocenters. The van der Waals surface area contributed by atoms with Crippen LogP contribution in [-0.2, 0) is 14.8 Å². The Morgan fingerprint density at radius 3 is 2.61 bits per heavy atom. The Morgan fingerprint density at radius 1 is 1.15 bits per heavy atom. The second-order valence-electron chi connectivity index (χ2n) is 8.29. The van der Waals surface area contributed by atoms with E-state index in [1.165, 1.54) is 27.8 Å². The second kappa shape index (κ2) is 9.42. The van der Waals surface area contributed by atoms with Crippen molar-refractivity contribution in [3.63, 3.8) is 0 Å². The van der Waals surface area contributed by atoms with Gasteiger partial charge in [-0.1, -0.05) is 27.3 Å². The van der Waals surface area contributed by atoms with Crippen molar-refractivity contribution < 1.29 is 17.9 Å². The summed E-state index contributed by atoms with van der Waals surface area (Å²) in [4.78, 5) is 20.1. The maximum absolute atomic E-state index is 13.6. The van der Waals surface area contributed by atoms with E-state index in [1.54, 1.807) is 17.0 Å². The van der Waals surface area contributed by atoms with E-state index in [1.807, 2.05) is 18.2 Å². The van der Waals surface area contributed by atoms with Crippen LogP contribution in [0.5, 0.6) is 0 Å². The molecule has 0 bridgehead atoms. The maximum atomic E-state index is 13.6. The minimum atomic E-state index is -3.52. The zero-order chi connectivity index (χ0) is 23.0. The molecule has 1 amide bonds. The number of ether oxygens (including phenoxy) is 1. The molecule has 1 unspecified atom stereocenters. The van der Waals surface area contributed by atoms with Gasteiger partial charge in [0.1, 0.15) is 0 Å². The van der Waals surface area contributed by atoms with Gasteiger partial charge in [0.05, 0.1) is 27.8 Å². The zero-order valence-corrected chi connectivity index (χ0v) is 21.2. The molecule has 0 spiro atoms. The third-order valence-electron chi connectivity index (χ3n) is 6.03. The van der Waals surface area contributed by atoms with Gasteiger partial charge < -0.3 is 4.74 Å². The van der Waals surface area contributed by atoms with E-state index in [-0.39, 0.29) is 16.9 Å². The number of carbonyl (C=O) groups is 1. The molecular formula is C23H24BrN3O4S2. The molecule has 3 heterocycles. The van der Waals surface area contributed by atoms with Gasteiger partial charge in [0.15, 0.2) is 5.13 Å². The number of anilines is 1. The fraction of sp³-hybridized carbons (Fsp3) is 0.391. The van der Waals surface area contributed by atoms with Crippen LogP contribution >= 0.6 is 27.3 Å². The van der Waals surface area contributed by atoms with Crippen LogP contribution in [0.4, 0.5) is 5.13 Å². The summed E-state index contributed by atoms with van der Waals surface area (Å²) in [6, 6.07) is 12.1. The average molecular weight is 551 g/mol. The van der Waals surface area contributed by atoms with Crippen molar-refractivity contribution in [1.29, 1.82) is 0 Å². The Morgan fingerprint density at radius 2 is 1.91 bits per heavy atom. The number of rotatable bonds is 6. The van der Waals surface area contributed by atoms with Crippen LogP contribution in [0.25, 0.3) is 10.2 Å². The SMILES string of the molecule is O=C(c1ccc(S(=O)(=O)N2CCCC2)cc1)N(CC1CCCO1)c1nc2ccc(Br)cc2s1. The minimum Gasteiger partial charge on any atom is -0.376 e. The number of carbonyl (C=O) groups excluding carboxylic acids is 1. The lowest BCUT2D eigenvalue weighted by Gasteiger charge is -2.23. The molecule has 33 heavy (non-hydrogen) atoms. The zero-order valence-electron chi connectivity index (χ0n) is 17.9. The summed E-state index contributed by atoms with van der Waals surface area (Å²) in [6.07, 6.45) is 3.59. The summed E-state index contributed by atoms with van der Waals surface area (Å²) in [6.45, 7) is 2.20. The summed E-state index contributed by atoms with van der Waals surface area (Å²) in [5.74, 6) is -0.214. The molecule has 2 saturated heterocycles. The van der Waals surface area contributed by atoms with Gasteiger partial charge in [-0.3, -0.25) is 9.69 Å². The van der Waals surface area contributed by atoms with Crippen LogP contribution in [0.15, 0.2) is 51.8 Å². The highest BCUT2D eigenvalue weighted by atomic mass is 79.9. The molecule has 0 N–H and O–H groups in total. The fourth-order valence-corrected chi connectivity index (χ4v) is 7.29. The Balaban J connectivity index is 1.44. The number of hydrogen-bond acceptors (Lipinski definition) is 6. The number of benzene rings is 2. The predicted molar refractivity (Wildman–Crippen MR) is 132 cm³/mol. The van der Waals surface area contributed by atoms with Crippen molar-refractivity contribution in [1.82, 2.24) is 9.29 Å². The molecule has 174 valence electrons. The molecule has 2 aliphatic heterocycles. The highest BCUT2D eigenvalue weighted by Crippen LogP contribution is 2.33. The standard InChI is InChI=1S/C23H24BrN3O4S2/c24-17-7-10-20-21(14-17)32-23(25-20)27(15-18-4-3-13-31-18)22(28)16-5-8-19(9-6-16)33(29,30)26-11-1-2-12-26/h5-10,14,18H,1-4,11-13,15H2. The summed E-state index contributed by atoms with van der Waals surface area (Å²) in [5, 5.41) is 0.609. The number of amides is 1. The van der Waals surface area contributed by atoms with Gasteiger partial charge in [0.25, 0.3) is 5.91 Å². The lowest BCUT2D eigenvalue weighted by atomic mass is 10.2. The fourth-order valence-electron chi connectivity index (χ4n) is 4.24. The molecule has 10 heteroatoms. The summed E-state index contributed by atoms with van der Waals surface area (Å²) in [5.41, 5.74) is 1.25. The van der Waals surface area contributed by atoms with Crippen molar-refractivity contribution >= 4 is 58.5 Å². The van der Waals surface area contributed by atoms with Crippen molar-refractivity contribution in [3.8, 4) is 0 Å². The van der Waals surface area contributed by atoms with Crippen molar-refractivity contribution in [2.75, 3.05) is 31.1 Å². The minimum absolute atomic E-state index is 0.0393. The summed E-state index contributed by atoms with van der Waals surface area (Å²) < 4.78 is 34.9. The van der Waals surface area contributed by atoms with Gasteiger partial charge in [0.2, 0.25) is 10.0 Å². The first-order chi connectivity index (χ1) is 15.9. The number of fused-ring (bicyclic) bond motifs is 1. The van der Waals surface area contributed by atoms with E-state index in [2.05, 4.69) is 15.9 Å². The molecule has 0 saturated carbocycles. The quantitative estimate of drug-likeness (QED) is 0.446. The Hall–Kier alpha value is -1.85. The van der Waals surface area contributed by atoms with E-state index < -0.39 is 10.0 Å². The number of halogens is 1. The van der Waals surface area contributed by atoms with E-state index in [0.29, 0.717) is 36.9 Å². The van der Waals surface area contributed by atoms with Crippen LogP contribution in [0, 0.1) is 0 Å². The van der Waals surface area contributed by atoms with Crippen LogP contribution in [0.3, 0.4) is 0 Å². The van der Waals surface area contributed by atoms with Gasteiger partial charge in [-0.05, 0) is 68.1 Å². The topological polar surface area (TPSA) is 79.8 Å². The second-order valence-corrected chi connectivity index (χ2v) is 12.2. The Bertz CT molecular complexity index is 1260. The van der Waals surface area contributed by atoms with Crippen molar-refractivity contribution in [3.05, 3.63) is 52.5 Å². The van der Waals surface area contributed by atoms with Crippen molar-refractivity contribution in [2.24, 2.45) is 0 Å². The van der Waals surface area contributed by atoms with Gasteiger partial charge in [-0.2, -0.15) is 4.31 Å². The first-order valence-electron chi connectivity index (χ1n) is 11.0. The molecule has 2 aromatic carbocycles. The van der Waals surface area contributed by atoms with E-state index in [9.17, 15) is 13.2 Å². The first kappa shape index (κ1) is 22.9. The molecule has 2 aliphatic rings. The van der Waals surface area contributed by atoms with Gasteiger partial charge >= 0.3 is 0 Å². The Kier molecular flexibility index (Phi) is 6.54. The van der Waals surface area contributed by atoms with Crippen molar-refractivity contribution in [2.45, 2.75) is 36.7 Å². The number of aromatic nitrogens is 1. The van der Waals surface area contributed by atoms with Gasteiger partial charge in [0, 0.05) is 29.7 Å². The highest BCUT2D eigenvalue weighted by Gasteiger charge is 2.29. The molecule has 1 aromatic heterocycles. The van der Waals surface area contributed by atoms with E-state index in [4.69, 9.17) is 9.72 Å². The largest absolute Gasteiger partial charge is 0.376 e. The predicted octanol–water partition coefficient (Wildman–Crippen LogP) is 4.67. The van der Waals surface area contributed by atoms with E-state index >= 15 is 0 Å². The monoisotopic (exact) mass is 549 g/mol. The molecule has 3 aromatic rings. The molecular weight excluding hydrogens is 526 g/mol. The number of thiazole rings is 1. The molecule has 0 radical (unpaired) electrons. The third kappa shape index (κ3) is 4.72. The first-order valence-corrected chi connectivity index (χ1v) is 14.1. The lowest BCUT2D eigenvalue weighted by Crippen LogP contribution is -2.37. The Labute approximate surface area is 205 Å². The normalized spacial score (nSPS) is 19.4. The maximum Gasteiger partial charge on any atom is 0.260 e. The number of hydrogen-bond donors (Lipinski definition) is 0. The van der Waals surface area contributed by atoms with Gasteiger partial charge in [-0.25, -0.2) is 13.4 Å².